The van der Waals surface area contributed by atoms with E-state index in [-0.39, 0.29) is 35.5 Å². The lowest BCUT2D eigenvalue weighted by Crippen LogP contribution is -2.32. The molecule has 3 rings (SSSR count). The number of nitrogens with zero attached hydrogens (tertiary/aromatic N) is 1. The molecule has 32 heavy (non-hydrogen) atoms. The monoisotopic (exact) mass is 577 g/mol. The van der Waals surface area contributed by atoms with Gasteiger partial charge in [0.05, 0.1) is 19.0 Å². The molecule has 0 aromatic heterocycles. The molecule has 1 aliphatic rings. The van der Waals surface area contributed by atoms with Crippen LogP contribution in [0.3, 0.4) is 0 Å². The minimum Gasteiger partial charge on any atom is -0.490 e. The van der Waals surface area contributed by atoms with Crippen LogP contribution in [0.4, 0.5) is 10.1 Å². The first-order valence-electron chi connectivity index (χ1n) is 10.3. The Labute approximate surface area is 205 Å². The number of hydrogen-bond acceptors (Lipinski definition) is 5. The van der Waals surface area contributed by atoms with Crippen molar-refractivity contribution in [1.29, 1.82) is 0 Å². The summed E-state index contributed by atoms with van der Waals surface area (Å²) in [5.41, 5.74) is 1.64. The second-order valence-corrected chi connectivity index (χ2v) is 9.62. The van der Waals surface area contributed by atoms with Crippen LogP contribution in [0.25, 0.3) is 0 Å². The predicted molar refractivity (Wildman–Crippen MR) is 136 cm³/mol. The maximum Gasteiger partial charge on any atom is 0.195 e. The Morgan fingerprint density at radius 1 is 1.12 bits per heavy atom. The van der Waals surface area contributed by atoms with Crippen LogP contribution >= 0.6 is 24.0 Å². The van der Waals surface area contributed by atoms with Crippen LogP contribution in [-0.4, -0.2) is 52.7 Å². The molecule has 10 heteroatoms. The van der Waals surface area contributed by atoms with Crippen LogP contribution < -0.4 is 20.1 Å². The maximum absolute atomic E-state index is 13.4. The van der Waals surface area contributed by atoms with Crippen LogP contribution in [0.15, 0.2) is 47.5 Å². The number of sulfone groups is 1. The summed E-state index contributed by atoms with van der Waals surface area (Å²) in [6, 6.07) is 12.0. The minimum absolute atomic E-state index is 0. The number of halogens is 2. The largest absolute Gasteiger partial charge is 0.490 e. The molecule has 0 bridgehead atoms. The van der Waals surface area contributed by atoms with Gasteiger partial charge < -0.3 is 20.1 Å². The summed E-state index contributed by atoms with van der Waals surface area (Å²) >= 11 is 0. The van der Waals surface area contributed by atoms with E-state index in [1.807, 2.05) is 24.3 Å². The van der Waals surface area contributed by atoms with E-state index in [2.05, 4.69) is 15.6 Å². The van der Waals surface area contributed by atoms with Gasteiger partial charge in [0.25, 0.3) is 0 Å². The van der Waals surface area contributed by atoms with Gasteiger partial charge in [0, 0.05) is 37.5 Å². The number of benzene rings is 2. The Morgan fingerprint density at radius 3 is 2.66 bits per heavy atom. The van der Waals surface area contributed by atoms with E-state index in [0.717, 1.165) is 17.7 Å². The van der Waals surface area contributed by atoms with E-state index in [4.69, 9.17) is 9.47 Å². The van der Waals surface area contributed by atoms with E-state index in [0.29, 0.717) is 56.6 Å². The van der Waals surface area contributed by atoms with Gasteiger partial charge in [-0.05, 0) is 42.7 Å². The molecular formula is C22H29FIN3O4S. The first-order chi connectivity index (χ1) is 14.9. The SMILES string of the molecule is CS(=O)(=O)CCCN=C(NCCc1cccc(F)c1)Nc1ccc2c(c1)OCCCO2.I. The first-order valence-corrected chi connectivity index (χ1v) is 12.3. The smallest absolute Gasteiger partial charge is 0.195 e. The van der Waals surface area contributed by atoms with Crippen molar-refractivity contribution in [2.24, 2.45) is 4.99 Å². The van der Waals surface area contributed by atoms with Gasteiger partial charge in [0.1, 0.15) is 15.7 Å². The molecule has 0 saturated heterocycles. The molecular weight excluding hydrogens is 548 g/mol. The Morgan fingerprint density at radius 2 is 1.91 bits per heavy atom. The van der Waals surface area contributed by atoms with Crippen molar-refractivity contribution in [1.82, 2.24) is 5.32 Å². The molecule has 1 aliphatic heterocycles. The average molecular weight is 577 g/mol. The Balaban J connectivity index is 0.00000363. The van der Waals surface area contributed by atoms with E-state index < -0.39 is 9.84 Å². The maximum atomic E-state index is 13.4. The zero-order chi connectivity index (χ0) is 22.1. The number of anilines is 1. The number of aliphatic imine (C=N–C) groups is 1. The van der Waals surface area contributed by atoms with Crippen molar-refractivity contribution in [2.75, 3.05) is 43.6 Å². The quantitative estimate of drug-likeness (QED) is 0.216. The highest BCUT2D eigenvalue weighted by Crippen LogP contribution is 2.32. The van der Waals surface area contributed by atoms with Crippen molar-refractivity contribution >= 4 is 45.5 Å². The molecule has 0 atom stereocenters. The van der Waals surface area contributed by atoms with Gasteiger partial charge >= 0.3 is 0 Å². The molecule has 0 unspecified atom stereocenters. The number of hydrogen-bond donors (Lipinski definition) is 2. The summed E-state index contributed by atoms with van der Waals surface area (Å²) in [5.74, 6) is 1.70. The molecule has 1 heterocycles. The van der Waals surface area contributed by atoms with E-state index >= 15 is 0 Å². The van der Waals surface area contributed by atoms with Crippen molar-refractivity contribution in [2.45, 2.75) is 19.3 Å². The zero-order valence-electron chi connectivity index (χ0n) is 18.0. The van der Waals surface area contributed by atoms with E-state index in [1.165, 1.54) is 18.4 Å². The minimum atomic E-state index is -3.03. The summed E-state index contributed by atoms with van der Waals surface area (Å²) in [5, 5.41) is 6.45. The standard InChI is InChI=1S/C22H28FN3O4S.HI/c1-31(27,28)14-3-10-24-22(25-11-9-17-5-2-6-18(23)15-17)26-19-7-8-20-21(16-19)30-13-4-12-29-20;/h2,5-8,15-16H,3-4,9-14H2,1H3,(H2,24,25,26);1H. The van der Waals surface area contributed by atoms with E-state index in [9.17, 15) is 12.8 Å². The summed E-state index contributed by atoms with van der Waals surface area (Å²) in [4.78, 5) is 4.49. The van der Waals surface area contributed by atoms with Crippen molar-refractivity contribution in [3.05, 3.63) is 53.8 Å². The molecule has 2 aromatic rings. The van der Waals surface area contributed by atoms with Crippen molar-refractivity contribution in [3.63, 3.8) is 0 Å². The van der Waals surface area contributed by atoms with Crippen LogP contribution in [-0.2, 0) is 16.3 Å². The fourth-order valence-electron chi connectivity index (χ4n) is 3.05. The van der Waals surface area contributed by atoms with Crippen molar-refractivity contribution < 1.29 is 22.3 Å². The molecule has 0 amide bonds. The van der Waals surface area contributed by atoms with Crippen LogP contribution in [0.1, 0.15) is 18.4 Å². The molecule has 2 aromatic carbocycles. The van der Waals surface area contributed by atoms with Gasteiger partial charge in [0.15, 0.2) is 17.5 Å². The lowest BCUT2D eigenvalue weighted by atomic mass is 10.1. The van der Waals surface area contributed by atoms with Crippen LogP contribution in [0.5, 0.6) is 11.5 Å². The second-order valence-electron chi connectivity index (χ2n) is 7.36. The molecule has 0 radical (unpaired) electrons. The van der Waals surface area contributed by atoms with Gasteiger partial charge in [-0.15, -0.1) is 24.0 Å². The lowest BCUT2D eigenvalue weighted by Gasteiger charge is -2.15. The second kappa shape index (κ2) is 12.8. The van der Waals surface area contributed by atoms with Crippen molar-refractivity contribution in [3.8, 4) is 11.5 Å². The Hall–Kier alpha value is -2.08. The molecule has 0 saturated carbocycles. The highest BCUT2D eigenvalue weighted by molar-refractivity contribution is 14.0. The van der Waals surface area contributed by atoms with Gasteiger partial charge in [-0.1, -0.05) is 12.1 Å². The lowest BCUT2D eigenvalue weighted by molar-refractivity contribution is 0.297. The molecule has 0 aliphatic carbocycles. The van der Waals surface area contributed by atoms with E-state index in [1.54, 1.807) is 6.07 Å². The highest BCUT2D eigenvalue weighted by atomic mass is 127. The highest BCUT2D eigenvalue weighted by Gasteiger charge is 2.11. The summed E-state index contributed by atoms with van der Waals surface area (Å²) in [7, 11) is -3.03. The summed E-state index contributed by atoms with van der Waals surface area (Å²) in [6.07, 6.45) is 3.08. The first kappa shape index (κ1) is 26.2. The third-order valence-electron chi connectivity index (χ3n) is 4.55. The number of fused-ring (bicyclic) bond motifs is 1. The topological polar surface area (TPSA) is 89.0 Å². The molecule has 2 N–H and O–H groups in total. The number of nitrogens with one attached hydrogen (secondary N) is 2. The third kappa shape index (κ3) is 9.19. The number of guanidine groups is 1. The Kier molecular flexibility index (Phi) is 10.5. The fourth-order valence-corrected chi connectivity index (χ4v) is 3.71. The molecule has 176 valence electrons. The van der Waals surface area contributed by atoms with Gasteiger partial charge in [0.2, 0.25) is 0 Å². The fraction of sp³-hybridized carbons (Fsp3) is 0.409. The number of ether oxygens (including phenoxy) is 2. The van der Waals surface area contributed by atoms with Gasteiger partial charge in [-0.3, -0.25) is 4.99 Å². The van der Waals surface area contributed by atoms with Gasteiger partial charge in [-0.25, -0.2) is 12.8 Å². The molecule has 7 nitrogen and oxygen atoms in total. The summed E-state index contributed by atoms with van der Waals surface area (Å²) in [6.45, 7) is 2.10. The Bertz CT molecular complexity index is 1020. The van der Waals surface area contributed by atoms with Gasteiger partial charge in [-0.2, -0.15) is 0 Å². The average Bonchev–Trinajstić information content (AvgIpc) is 2.95. The number of rotatable bonds is 8. The summed E-state index contributed by atoms with van der Waals surface area (Å²) < 4.78 is 47.5. The zero-order valence-corrected chi connectivity index (χ0v) is 21.1. The van der Waals surface area contributed by atoms with Crippen LogP contribution in [0.2, 0.25) is 0 Å². The molecule has 0 fully saturated rings. The normalized spacial score (nSPS) is 13.6. The molecule has 0 spiro atoms. The third-order valence-corrected chi connectivity index (χ3v) is 5.58. The van der Waals surface area contributed by atoms with Crippen LogP contribution in [0, 0.1) is 5.82 Å². The predicted octanol–water partition coefficient (Wildman–Crippen LogP) is 3.64.